The molecule has 4 heteroatoms. The molecule has 0 saturated heterocycles. The van der Waals surface area contributed by atoms with E-state index < -0.39 is 0 Å². The first-order chi connectivity index (χ1) is 10.7. The van der Waals surface area contributed by atoms with Crippen molar-refractivity contribution >= 4 is 18.3 Å². The maximum Gasteiger partial charge on any atom is 0.229 e. The fourth-order valence-corrected chi connectivity index (χ4v) is 2.52. The van der Waals surface area contributed by atoms with E-state index in [4.69, 9.17) is 5.73 Å². The molecule has 2 unspecified atom stereocenters. The van der Waals surface area contributed by atoms with E-state index in [0.717, 1.165) is 17.5 Å². The van der Waals surface area contributed by atoms with Crippen molar-refractivity contribution in [1.82, 2.24) is 5.32 Å². The van der Waals surface area contributed by atoms with Gasteiger partial charge in [-0.2, -0.15) is 0 Å². The molecule has 0 aliphatic carbocycles. The van der Waals surface area contributed by atoms with Crippen molar-refractivity contribution in [1.29, 1.82) is 0 Å². The Balaban J connectivity index is 0.00000264. The lowest BCUT2D eigenvalue weighted by atomic mass is 9.97. The number of amides is 1. The van der Waals surface area contributed by atoms with E-state index in [0.29, 0.717) is 6.54 Å². The van der Waals surface area contributed by atoms with Crippen LogP contribution in [0.1, 0.15) is 42.5 Å². The molecule has 0 heterocycles. The molecule has 0 spiro atoms. The van der Waals surface area contributed by atoms with Crippen LogP contribution in [0.2, 0.25) is 0 Å². The Labute approximate surface area is 144 Å². The van der Waals surface area contributed by atoms with Crippen LogP contribution in [0.3, 0.4) is 0 Å². The summed E-state index contributed by atoms with van der Waals surface area (Å²) in [6.45, 7) is 4.43. The lowest BCUT2D eigenvalue weighted by Crippen LogP contribution is -2.35. The molecular weight excluding hydrogens is 308 g/mol. The Hall–Kier alpha value is -1.84. The highest BCUT2D eigenvalue weighted by molar-refractivity contribution is 5.85. The number of halogens is 1. The number of benzene rings is 2. The molecule has 2 atom stereocenters. The van der Waals surface area contributed by atoms with Crippen LogP contribution < -0.4 is 11.1 Å². The van der Waals surface area contributed by atoms with Gasteiger partial charge in [0, 0.05) is 6.54 Å². The van der Waals surface area contributed by atoms with Crippen molar-refractivity contribution in [3.05, 3.63) is 71.3 Å². The highest BCUT2D eigenvalue weighted by atomic mass is 35.5. The molecule has 0 aliphatic rings. The molecular formula is C19H25ClN2O. The summed E-state index contributed by atoms with van der Waals surface area (Å²) in [5.74, 6) is -0.334. The van der Waals surface area contributed by atoms with Crippen molar-refractivity contribution in [3.8, 4) is 0 Å². The van der Waals surface area contributed by atoms with Crippen LogP contribution in [0, 0.1) is 0 Å². The third-order valence-corrected chi connectivity index (χ3v) is 4.00. The lowest BCUT2D eigenvalue weighted by molar-refractivity contribution is -0.123. The van der Waals surface area contributed by atoms with Gasteiger partial charge >= 0.3 is 0 Å². The predicted molar refractivity (Wildman–Crippen MR) is 97.9 cm³/mol. The van der Waals surface area contributed by atoms with Gasteiger partial charge in [0.15, 0.2) is 0 Å². The molecule has 3 N–H and O–H groups in total. The van der Waals surface area contributed by atoms with E-state index in [1.165, 1.54) is 5.56 Å². The third-order valence-electron chi connectivity index (χ3n) is 4.00. The molecule has 0 aliphatic heterocycles. The Morgan fingerprint density at radius 2 is 1.65 bits per heavy atom. The van der Waals surface area contributed by atoms with Gasteiger partial charge in [-0.05, 0) is 30.0 Å². The second-order valence-corrected chi connectivity index (χ2v) is 5.52. The zero-order valence-electron chi connectivity index (χ0n) is 13.7. The summed E-state index contributed by atoms with van der Waals surface area (Å²) in [4.78, 5) is 12.5. The van der Waals surface area contributed by atoms with Gasteiger partial charge in [0.1, 0.15) is 0 Å². The quantitative estimate of drug-likeness (QED) is 0.849. The Morgan fingerprint density at radius 3 is 2.17 bits per heavy atom. The standard InChI is InChI=1S/C19H24N2O.ClH/c1-3-15-9-11-16(12-10-15)14(2)21-19(22)18(13-20)17-7-5-4-6-8-17;/h4-12,14,18H,3,13,20H2,1-2H3,(H,21,22);1H. The first-order valence-electron chi connectivity index (χ1n) is 7.80. The third kappa shape index (κ3) is 5.08. The average Bonchev–Trinajstić information content (AvgIpc) is 2.56. The summed E-state index contributed by atoms with van der Waals surface area (Å²) < 4.78 is 0. The Kier molecular flexibility index (Phi) is 7.79. The number of rotatable bonds is 6. The Morgan fingerprint density at radius 1 is 1.04 bits per heavy atom. The van der Waals surface area contributed by atoms with Gasteiger partial charge in [0.2, 0.25) is 5.91 Å². The van der Waals surface area contributed by atoms with E-state index >= 15 is 0 Å². The number of nitrogens with two attached hydrogens (primary N) is 1. The molecule has 0 fully saturated rings. The summed E-state index contributed by atoms with van der Waals surface area (Å²) in [7, 11) is 0. The summed E-state index contributed by atoms with van der Waals surface area (Å²) in [5, 5.41) is 3.06. The second-order valence-electron chi connectivity index (χ2n) is 5.52. The van der Waals surface area contributed by atoms with Gasteiger partial charge in [-0.25, -0.2) is 0 Å². The molecule has 0 radical (unpaired) electrons. The van der Waals surface area contributed by atoms with Gasteiger partial charge in [-0.1, -0.05) is 61.5 Å². The highest BCUT2D eigenvalue weighted by Crippen LogP contribution is 2.18. The van der Waals surface area contributed by atoms with Crippen molar-refractivity contribution in [2.45, 2.75) is 32.2 Å². The largest absolute Gasteiger partial charge is 0.349 e. The Bertz CT molecular complexity index is 599. The molecule has 23 heavy (non-hydrogen) atoms. The van der Waals surface area contributed by atoms with Crippen LogP contribution in [0.25, 0.3) is 0 Å². The normalized spacial score (nSPS) is 12.8. The maximum absolute atomic E-state index is 12.5. The van der Waals surface area contributed by atoms with Crippen LogP contribution in [0.5, 0.6) is 0 Å². The monoisotopic (exact) mass is 332 g/mol. The van der Waals surface area contributed by atoms with Gasteiger partial charge in [0.05, 0.1) is 12.0 Å². The number of hydrogen-bond donors (Lipinski definition) is 2. The van der Waals surface area contributed by atoms with Crippen LogP contribution in [-0.4, -0.2) is 12.5 Å². The molecule has 2 aromatic carbocycles. The minimum absolute atomic E-state index is 0. The van der Waals surface area contributed by atoms with Crippen LogP contribution in [0.4, 0.5) is 0 Å². The number of carbonyl (C=O) groups excluding carboxylic acids is 1. The summed E-state index contributed by atoms with van der Waals surface area (Å²) in [5.41, 5.74) is 9.16. The minimum atomic E-state index is -0.307. The van der Waals surface area contributed by atoms with Crippen molar-refractivity contribution in [2.24, 2.45) is 5.73 Å². The lowest BCUT2D eigenvalue weighted by Gasteiger charge is -2.20. The molecule has 3 nitrogen and oxygen atoms in total. The van der Waals surface area contributed by atoms with E-state index in [-0.39, 0.29) is 30.3 Å². The van der Waals surface area contributed by atoms with Crippen molar-refractivity contribution in [2.75, 3.05) is 6.54 Å². The van der Waals surface area contributed by atoms with Crippen LogP contribution in [-0.2, 0) is 11.2 Å². The van der Waals surface area contributed by atoms with Crippen LogP contribution >= 0.6 is 12.4 Å². The molecule has 2 aromatic rings. The first-order valence-corrected chi connectivity index (χ1v) is 7.80. The van der Waals surface area contributed by atoms with Gasteiger partial charge < -0.3 is 11.1 Å². The fourth-order valence-electron chi connectivity index (χ4n) is 2.52. The molecule has 1 amide bonds. The van der Waals surface area contributed by atoms with Crippen LogP contribution in [0.15, 0.2) is 54.6 Å². The number of nitrogens with one attached hydrogen (secondary N) is 1. The fraction of sp³-hybridized carbons (Fsp3) is 0.316. The van der Waals surface area contributed by atoms with Gasteiger partial charge in [0.25, 0.3) is 0 Å². The minimum Gasteiger partial charge on any atom is -0.349 e. The van der Waals surface area contributed by atoms with Gasteiger partial charge in [-0.15, -0.1) is 12.4 Å². The van der Waals surface area contributed by atoms with Crippen molar-refractivity contribution in [3.63, 3.8) is 0 Å². The zero-order chi connectivity index (χ0) is 15.9. The maximum atomic E-state index is 12.5. The molecule has 124 valence electrons. The number of carbonyl (C=O) groups is 1. The summed E-state index contributed by atoms with van der Waals surface area (Å²) in [6, 6.07) is 18.0. The number of aryl methyl sites for hydroxylation is 1. The molecule has 0 bridgehead atoms. The van der Waals surface area contributed by atoms with E-state index in [1.807, 2.05) is 37.3 Å². The topological polar surface area (TPSA) is 55.1 Å². The molecule has 2 rings (SSSR count). The molecule has 0 aromatic heterocycles. The zero-order valence-corrected chi connectivity index (χ0v) is 14.5. The highest BCUT2D eigenvalue weighted by Gasteiger charge is 2.20. The van der Waals surface area contributed by atoms with E-state index in [1.54, 1.807) is 0 Å². The first kappa shape index (κ1) is 19.2. The summed E-state index contributed by atoms with van der Waals surface area (Å²) in [6.07, 6.45) is 1.02. The second kappa shape index (κ2) is 9.33. The van der Waals surface area contributed by atoms with E-state index in [9.17, 15) is 4.79 Å². The summed E-state index contributed by atoms with van der Waals surface area (Å²) >= 11 is 0. The smallest absolute Gasteiger partial charge is 0.229 e. The van der Waals surface area contributed by atoms with E-state index in [2.05, 4.69) is 36.5 Å². The van der Waals surface area contributed by atoms with Crippen molar-refractivity contribution < 1.29 is 4.79 Å². The van der Waals surface area contributed by atoms with Gasteiger partial charge in [-0.3, -0.25) is 4.79 Å². The predicted octanol–water partition coefficient (Wildman–Crippen LogP) is 3.59. The molecule has 0 saturated carbocycles. The average molecular weight is 333 g/mol. The SMILES string of the molecule is CCc1ccc(C(C)NC(=O)C(CN)c2ccccc2)cc1.Cl. The number of hydrogen-bond acceptors (Lipinski definition) is 2.